The van der Waals surface area contributed by atoms with E-state index in [1.807, 2.05) is 23.1 Å². The van der Waals surface area contributed by atoms with Crippen molar-refractivity contribution in [2.45, 2.75) is 44.2 Å². The lowest BCUT2D eigenvalue weighted by molar-refractivity contribution is 0.0714. The fourth-order valence-electron chi connectivity index (χ4n) is 3.95. The molecule has 0 spiro atoms. The molecule has 0 bridgehead atoms. The van der Waals surface area contributed by atoms with E-state index in [2.05, 4.69) is 20.3 Å². The summed E-state index contributed by atoms with van der Waals surface area (Å²) in [6.45, 7) is 1.05. The molecule has 0 aromatic carbocycles. The third-order valence-corrected chi connectivity index (χ3v) is 5.70. The SMILES string of the molecule is O=C(c1cc(C2CC2)[nH]n1)N1CCCC1Cn1nc(-c2ccncc2)ccc1=O. The van der Waals surface area contributed by atoms with Crippen LogP contribution in [0, 0.1) is 0 Å². The number of nitrogens with zero attached hydrogens (tertiary/aromatic N) is 5. The van der Waals surface area contributed by atoms with Gasteiger partial charge < -0.3 is 4.90 Å². The molecular formula is C21H22N6O2. The van der Waals surface area contributed by atoms with Gasteiger partial charge in [-0.2, -0.15) is 10.2 Å². The Hall–Kier alpha value is -3.29. The molecule has 148 valence electrons. The lowest BCUT2D eigenvalue weighted by Gasteiger charge is -2.24. The van der Waals surface area contributed by atoms with Crippen molar-refractivity contribution in [1.29, 1.82) is 0 Å². The highest BCUT2D eigenvalue weighted by Crippen LogP contribution is 2.39. The second kappa shape index (κ2) is 7.27. The van der Waals surface area contributed by atoms with Gasteiger partial charge in [0.1, 0.15) is 5.69 Å². The molecule has 3 aromatic rings. The molecule has 1 amide bonds. The first kappa shape index (κ1) is 17.8. The molecule has 2 aliphatic rings. The number of carbonyl (C=O) groups is 1. The number of pyridine rings is 1. The molecular weight excluding hydrogens is 368 g/mol. The van der Waals surface area contributed by atoms with E-state index in [1.54, 1.807) is 18.5 Å². The summed E-state index contributed by atoms with van der Waals surface area (Å²) in [5.41, 5.74) is 2.95. The maximum atomic E-state index is 13.0. The average molecular weight is 390 g/mol. The van der Waals surface area contributed by atoms with E-state index in [0.717, 1.165) is 36.9 Å². The first-order valence-corrected chi connectivity index (χ1v) is 10.0. The summed E-state index contributed by atoms with van der Waals surface area (Å²) in [6.07, 6.45) is 7.47. The maximum absolute atomic E-state index is 13.0. The lowest BCUT2D eigenvalue weighted by atomic mass is 10.2. The van der Waals surface area contributed by atoms with Gasteiger partial charge in [0.25, 0.3) is 11.5 Å². The molecule has 29 heavy (non-hydrogen) atoms. The minimum Gasteiger partial charge on any atom is -0.332 e. The van der Waals surface area contributed by atoms with E-state index in [-0.39, 0.29) is 17.5 Å². The van der Waals surface area contributed by atoms with Crippen LogP contribution in [0.3, 0.4) is 0 Å². The Morgan fingerprint density at radius 2 is 1.97 bits per heavy atom. The highest BCUT2D eigenvalue weighted by Gasteiger charge is 2.33. The molecule has 1 saturated heterocycles. The molecule has 1 saturated carbocycles. The van der Waals surface area contributed by atoms with E-state index in [1.165, 1.54) is 10.7 Å². The number of hydrogen-bond acceptors (Lipinski definition) is 5. The molecule has 1 N–H and O–H groups in total. The normalized spacial score (nSPS) is 18.9. The highest BCUT2D eigenvalue weighted by molar-refractivity contribution is 5.92. The van der Waals surface area contributed by atoms with Crippen molar-refractivity contribution in [1.82, 2.24) is 29.9 Å². The van der Waals surface area contributed by atoms with Crippen LogP contribution in [0.1, 0.15) is 47.8 Å². The first-order chi connectivity index (χ1) is 14.2. The van der Waals surface area contributed by atoms with Crippen molar-refractivity contribution in [2.75, 3.05) is 6.54 Å². The van der Waals surface area contributed by atoms with Crippen LogP contribution in [0.25, 0.3) is 11.3 Å². The zero-order valence-corrected chi connectivity index (χ0v) is 16.0. The molecule has 0 radical (unpaired) electrons. The van der Waals surface area contributed by atoms with Crippen molar-refractivity contribution < 1.29 is 4.79 Å². The van der Waals surface area contributed by atoms with Crippen LogP contribution in [0.5, 0.6) is 0 Å². The highest BCUT2D eigenvalue weighted by atomic mass is 16.2. The Balaban J connectivity index is 1.36. The Morgan fingerprint density at radius 1 is 1.14 bits per heavy atom. The predicted octanol–water partition coefficient (Wildman–Crippen LogP) is 2.21. The van der Waals surface area contributed by atoms with Gasteiger partial charge in [0.05, 0.1) is 18.3 Å². The van der Waals surface area contributed by atoms with Crippen molar-refractivity contribution in [3.63, 3.8) is 0 Å². The summed E-state index contributed by atoms with van der Waals surface area (Å²) >= 11 is 0. The van der Waals surface area contributed by atoms with Crippen molar-refractivity contribution in [3.8, 4) is 11.3 Å². The van der Waals surface area contributed by atoms with Gasteiger partial charge in [-0.25, -0.2) is 4.68 Å². The quantitative estimate of drug-likeness (QED) is 0.720. The summed E-state index contributed by atoms with van der Waals surface area (Å²) in [7, 11) is 0. The van der Waals surface area contributed by atoms with E-state index in [4.69, 9.17) is 0 Å². The number of likely N-dealkylation sites (tertiary alicyclic amines) is 1. The topological polar surface area (TPSA) is 96.8 Å². The minimum absolute atomic E-state index is 0.0681. The molecule has 5 rings (SSSR count). The molecule has 3 aromatic heterocycles. The molecule has 1 aliphatic carbocycles. The second-order valence-electron chi connectivity index (χ2n) is 7.75. The van der Waals surface area contributed by atoms with Crippen molar-refractivity contribution in [2.24, 2.45) is 0 Å². The van der Waals surface area contributed by atoms with E-state index in [0.29, 0.717) is 30.4 Å². The molecule has 4 heterocycles. The Bertz CT molecular complexity index is 1090. The van der Waals surface area contributed by atoms with Crippen LogP contribution in [0.2, 0.25) is 0 Å². The van der Waals surface area contributed by atoms with Crippen molar-refractivity contribution >= 4 is 5.91 Å². The van der Waals surface area contributed by atoms with Crippen LogP contribution in [-0.2, 0) is 6.54 Å². The van der Waals surface area contributed by atoms with Gasteiger partial charge in [0, 0.05) is 42.2 Å². The fraction of sp³-hybridized carbons (Fsp3) is 0.381. The summed E-state index contributed by atoms with van der Waals surface area (Å²) in [5, 5.41) is 11.8. The number of aromatic amines is 1. The lowest BCUT2D eigenvalue weighted by Crippen LogP contribution is -2.40. The molecule has 8 heteroatoms. The molecule has 1 unspecified atom stereocenters. The van der Waals surface area contributed by atoms with Crippen molar-refractivity contribution in [3.05, 3.63) is 64.5 Å². The third-order valence-electron chi connectivity index (χ3n) is 5.70. The Kier molecular flexibility index (Phi) is 4.46. The molecule has 8 nitrogen and oxygen atoms in total. The number of H-pyrrole nitrogens is 1. The van der Waals surface area contributed by atoms with Crippen LogP contribution in [0.4, 0.5) is 0 Å². The molecule has 1 aliphatic heterocycles. The number of amides is 1. The van der Waals surface area contributed by atoms with Crippen LogP contribution in [-0.4, -0.2) is 48.4 Å². The summed E-state index contributed by atoms with van der Waals surface area (Å²) in [4.78, 5) is 31.2. The van der Waals surface area contributed by atoms with Gasteiger partial charge in [-0.05, 0) is 49.9 Å². The average Bonchev–Trinajstić information content (AvgIpc) is 3.30. The number of carbonyl (C=O) groups excluding carboxylic acids is 1. The Labute approximate surface area is 167 Å². The van der Waals surface area contributed by atoms with Gasteiger partial charge in [-0.1, -0.05) is 0 Å². The monoisotopic (exact) mass is 390 g/mol. The summed E-state index contributed by atoms with van der Waals surface area (Å²) in [6, 6.07) is 8.77. The van der Waals surface area contributed by atoms with Gasteiger partial charge in [-0.3, -0.25) is 19.7 Å². The number of nitrogens with one attached hydrogen (secondary N) is 1. The van der Waals surface area contributed by atoms with Gasteiger partial charge in [0.15, 0.2) is 0 Å². The number of aromatic nitrogens is 5. The summed E-state index contributed by atoms with van der Waals surface area (Å²) in [5.74, 6) is 0.450. The summed E-state index contributed by atoms with van der Waals surface area (Å²) < 4.78 is 1.46. The maximum Gasteiger partial charge on any atom is 0.274 e. The van der Waals surface area contributed by atoms with Gasteiger partial charge >= 0.3 is 0 Å². The van der Waals surface area contributed by atoms with E-state index < -0.39 is 0 Å². The van der Waals surface area contributed by atoms with Gasteiger partial charge in [-0.15, -0.1) is 0 Å². The number of rotatable bonds is 5. The minimum atomic E-state index is -0.169. The predicted molar refractivity (Wildman–Crippen MR) is 106 cm³/mol. The third kappa shape index (κ3) is 3.57. The zero-order valence-electron chi connectivity index (χ0n) is 16.0. The molecule has 2 fully saturated rings. The Morgan fingerprint density at radius 3 is 2.76 bits per heavy atom. The van der Waals surface area contributed by atoms with Crippen LogP contribution >= 0.6 is 0 Å². The smallest absolute Gasteiger partial charge is 0.274 e. The largest absolute Gasteiger partial charge is 0.332 e. The van der Waals surface area contributed by atoms with E-state index >= 15 is 0 Å². The zero-order chi connectivity index (χ0) is 19.8. The van der Waals surface area contributed by atoms with Crippen LogP contribution < -0.4 is 5.56 Å². The first-order valence-electron chi connectivity index (χ1n) is 10.0. The fourth-order valence-corrected chi connectivity index (χ4v) is 3.95. The molecule has 1 atom stereocenters. The van der Waals surface area contributed by atoms with Gasteiger partial charge in [0.2, 0.25) is 0 Å². The second-order valence-corrected chi connectivity index (χ2v) is 7.75. The number of hydrogen-bond donors (Lipinski definition) is 1. The standard InChI is InChI=1S/C21H22N6O2/c28-20-6-5-17(15-7-9-22-10-8-15)25-27(20)13-16-2-1-11-26(16)21(29)19-12-18(23-24-19)14-3-4-14/h5-10,12,14,16H,1-4,11,13H2,(H,23,24). The van der Waals surface area contributed by atoms with E-state index in [9.17, 15) is 9.59 Å². The van der Waals surface area contributed by atoms with Crippen LogP contribution in [0.15, 0.2) is 47.5 Å².